The number of nitrogens with one attached hydrogen (secondary N) is 1. The van der Waals surface area contributed by atoms with Crippen LogP contribution in [0.1, 0.15) is 29.7 Å². The lowest BCUT2D eigenvalue weighted by molar-refractivity contribution is 0.385. The predicted molar refractivity (Wildman–Crippen MR) is 87.6 cm³/mol. The van der Waals surface area contributed by atoms with Crippen molar-refractivity contribution in [1.82, 2.24) is 4.72 Å². The normalized spacial score (nSPS) is 12.9. The molecule has 1 N–H and O–H groups in total. The van der Waals surface area contributed by atoms with Gasteiger partial charge in [-0.15, -0.1) is 0 Å². The van der Waals surface area contributed by atoms with E-state index in [9.17, 15) is 12.8 Å². The zero-order valence-electron chi connectivity index (χ0n) is 13.6. The number of methoxy groups -OCH3 is 1. The minimum atomic E-state index is -3.83. The van der Waals surface area contributed by atoms with E-state index in [1.165, 1.54) is 19.2 Å². The molecule has 0 radical (unpaired) electrons. The van der Waals surface area contributed by atoms with E-state index in [4.69, 9.17) is 4.74 Å². The van der Waals surface area contributed by atoms with Crippen LogP contribution in [0.15, 0.2) is 41.3 Å². The van der Waals surface area contributed by atoms with Crippen molar-refractivity contribution in [3.8, 4) is 5.75 Å². The summed E-state index contributed by atoms with van der Waals surface area (Å²) < 4.78 is 46.0. The van der Waals surface area contributed by atoms with Crippen LogP contribution < -0.4 is 9.46 Å². The third-order valence-corrected chi connectivity index (χ3v) is 5.20. The summed E-state index contributed by atoms with van der Waals surface area (Å²) in [5.74, 6) is -0.707. The van der Waals surface area contributed by atoms with Gasteiger partial charge >= 0.3 is 0 Å². The van der Waals surface area contributed by atoms with Gasteiger partial charge in [0.25, 0.3) is 0 Å². The molecule has 4 nitrogen and oxygen atoms in total. The lowest BCUT2D eigenvalue weighted by Crippen LogP contribution is -2.27. The summed E-state index contributed by atoms with van der Waals surface area (Å²) in [4.78, 5) is -0.132. The monoisotopic (exact) mass is 337 g/mol. The summed E-state index contributed by atoms with van der Waals surface area (Å²) in [6.07, 6.45) is 0. The lowest BCUT2D eigenvalue weighted by Gasteiger charge is -2.17. The molecule has 2 rings (SSSR count). The van der Waals surface area contributed by atoms with Crippen LogP contribution in [0.4, 0.5) is 4.39 Å². The third kappa shape index (κ3) is 3.89. The minimum absolute atomic E-state index is 0.00591. The Morgan fingerprint density at radius 3 is 2.39 bits per heavy atom. The molecule has 0 aliphatic heterocycles. The minimum Gasteiger partial charge on any atom is -0.494 e. The number of hydrogen-bond donors (Lipinski definition) is 1. The molecule has 0 bridgehead atoms. The second kappa shape index (κ2) is 6.68. The number of benzene rings is 2. The molecule has 2 aromatic rings. The standard InChI is InChI=1S/C17H20FNO3S/c1-11-5-7-15(12(2)9-11)13(3)19-23(20,21)14-6-8-17(22-4)16(18)10-14/h5-10,13,19H,1-4H3/t13-/m0/s1. The van der Waals surface area contributed by atoms with Crippen molar-refractivity contribution < 1.29 is 17.5 Å². The fourth-order valence-electron chi connectivity index (χ4n) is 2.49. The molecule has 0 aromatic heterocycles. The number of ether oxygens (including phenoxy) is 1. The van der Waals surface area contributed by atoms with Gasteiger partial charge in [-0.3, -0.25) is 0 Å². The van der Waals surface area contributed by atoms with Crippen LogP contribution in [-0.4, -0.2) is 15.5 Å². The average molecular weight is 337 g/mol. The highest BCUT2D eigenvalue weighted by molar-refractivity contribution is 7.89. The fraction of sp³-hybridized carbons (Fsp3) is 0.294. The Morgan fingerprint density at radius 2 is 1.83 bits per heavy atom. The summed E-state index contributed by atoms with van der Waals surface area (Å²) in [6, 6.07) is 8.96. The second-order valence-corrected chi connectivity index (χ2v) is 7.21. The van der Waals surface area contributed by atoms with E-state index in [1.807, 2.05) is 32.0 Å². The Labute approximate surface area is 136 Å². The molecule has 0 aliphatic rings. The molecule has 0 saturated carbocycles. The van der Waals surface area contributed by atoms with Gasteiger partial charge in [0.05, 0.1) is 12.0 Å². The van der Waals surface area contributed by atoms with Crippen molar-refractivity contribution in [2.45, 2.75) is 31.7 Å². The van der Waals surface area contributed by atoms with Gasteiger partial charge in [0.15, 0.2) is 11.6 Å². The van der Waals surface area contributed by atoms with Crippen LogP contribution in [0.3, 0.4) is 0 Å². The van der Waals surface area contributed by atoms with E-state index < -0.39 is 21.9 Å². The Bertz CT molecular complexity index is 819. The molecule has 1 atom stereocenters. The maximum Gasteiger partial charge on any atom is 0.241 e. The molecule has 0 amide bonds. The van der Waals surface area contributed by atoms with Gasteiger partial charge < -0.3 is 4.74 Å². The summed E-state index contributed by atoms with van der Waals surface area (Å²) in [6.45, 7) is 5.67. The van der Waals surface area contributed by atoms with Crippen LogP contribution >= 0.6 is 0 Å². The quantitative estimate of drug-likeness (QED) is 0.908. The van der Waals surface area contributed by atoms with Crippen molar-refractivity contribution in [3.63, 3.8) is 0 Å². The van der Waals surface area contributed by atoms with E-state index in [0.717, 1.165) is 22.8 Å². The van der Waals surface area contributed by atoms with Crippen molar-refractivity contribution in [1.29, 1.82) is 0 Å². The summed E-state index contributed by atoms with van der Waals surface area (Å²) in [5, 5.41) is 0. The van der Waals surface area contributed by atoms with E-state index in [1.54, 1.807) is 6.92 Å². The number of rotatable bonds is 5. The molecule has 23 heavy (non-hydrogen) atoms. The van der Waals surface area contributed by atoms with Gasteiger partial charge in [-0.2, -0.15) is 0 Å². The van der Waals surface area contributed by atoms with Crippen LogP contribution in [0.2, 0.25) is 0 Å². The zero-order valence-corrected chi connectivity index (χ0v) is 14.4. The van der Waals surface area contributed by atoms with Crippen molar-refractivity contribution in [2.24, 2.45) is 0 Å². The van der Waals surface area contributed by atoms with Crippen molar-refractivity contribution >= 4 is 10.0 Å². The lowest BCUT2D eigenvalue weighted by atomic mass is 10.0. The smallest absolute Gasteiger partial charge is 0.241 e. The van der Waals surface area contributed by atoms with Gasteiger partial charge in [-0.05, 0) is 50.1 Å². The molecule has 0 heterocycles. The van der Waals surface area contributed by atoms with Crippen LogP contribution in [0.5, 0.6) is 5.75 Å². The molecule has 2 aromatic carbocycles. The summed E-state index contributed by atoms with van der Waals surface area (Å²) in [5.41, 5.74) is 2.99. The molecule has 124 valence electrons. The number of hydrogen-bond acceptors (Lipinski definition) is 3. The Kier molecular flexibility index (Phi) is 5.06. The summed E-state index contributed by atoms with van der Waals surface area (Å²) >= 11 is 0. The molecular weight excluding hydrogens is 317 g/mol. The number of aryl methyl sites for hydroxylation is 2. The van der Waals surface area contributed by atoms with Gasteiger partial charge in [-0.25, -0.2) is 17.5 Å². The molecule has 0 fully saturated rings. The topological polar surface area (TPSA) is 55.4 Å². The Morgan fingerprint density at radius 1 is 1.13 bits per heavy atom. The first kappa shape index (κ1) is 17.4. The highest BCUT2D eigenvalue weighted by atomic mass is 32.2. The highest BCUT2D eigenvalue weighted by Crippen LogP contribution is 2.24. The van der Waals surface area contributed by atoms with E-state index in [-0.39, 0.29) is 10.6 Å². The highest BCUT2D eigenvalue weighted by Gasteiger charge is 2.21. The first-order chi connectivity index (χ1) is 10.7. The van der Waals surface area contributed by atoms with Crippen LogP contribution in [0, 0.1) is 19.7 Å². The summed E-state index contributed by atoms with van der Waals surface area (Å²) in [7, 11) is -2.50. The van der Waals surface area contributed by atoms with Crippen molar-refractivity contribution in [2.75, 3.05) is 7.11 Å². The van der Waals surface area contributed by atoms with Gasteiger partial charge in [0.1, 0.15) is 0 Å². The van der Waals surface area contributed by atoms with Gasteiger partial charge in [0, 0.05) is 6.04 Å². The number of sulfonamides is 1. The Balaban J connectivity index is 2.28. The molecule has 0 unspecified atom stereocenters. The SMILES string of the molecule is COc1ccc(S(=O)(=O)N[C@@H](C)c2ccc(C)cc2C)cc1F. The first-order valence-electron chi connectivity index (χ1n) is 7.17. The molecule has 6 heteroatoms. The second-order valence-electron chi connectivity index (χ2n) is 5.50. The largest absolute Gasteiger partial charge is 0.494 e. The maximum atomic E-state index is 13.7. The van der Waals surface area contributed by atoms with E-state index in [2.05, 4.69) is 4.72 Å². The Hall–Kier alpha value is -1.92. The van der Waals surface area contributed by atoms with Gasteiger partial charge in [0.2, 0.25) is 10.0 Å². The molecular formula is C17H20FNO3S. The first-order valence-corrected chi connectivity index (χ1v) is 8.66. The zero-order chi connectivity index (χ0) is 17.2. The number of halogens is 1. The molecule has 0 saturated heterocycles. The fourth-order valence-corrected chi connectivity index (χ4v) is 3.72. The predicted octanol–water partition coefficient (Wildman–Crippen LogP) is 3.49. The average Bonchev–Trinajstić information content (AvgIpc) is 2.46. The van der Waals surface area contributed by atoms with Crippen LogP contribution in [-0.2, 0) is 10.0 Å². The maximum absolute atomic E-state index is 13.7. The third-order valence-electron chi connectivity index (χ3n) is 3.66. The van der Waals surface area contributed by atoms with Crippen LogP contribution in [0.25, 0.3) is 0 Å². The van der Waals surface area contributed by atoms with Gasteiger partial charge in [-0.1, -0.05) is 23.8 Å². The van der Waals surface area contributed by atoms with E-state index in [0.29, 0.717) is 0 Å². The molecule has 0 aliphatic carbocycles. The van der Waals surface area contributed by atoms with E-state index >= 15 is 0 Å². The van der Waals surface area contributed by atoms with Crippen molar-refractivity contribution in [3.05, 3.63) is 58.9 Å². The molecule has 0 spiro atoms.